The van der Waals surface area contributed by atoms with Crippen molar-refractivity contribution in [1.29, 1.82) is 0 Å². The van der Waals surface area contributed by atoms with Crippen molar-refractivity contribution >= 4 is 34.8 Å². The van der Waals surface area contributed by atoms with Gasteiger partial charge >= 0.3 is 0 Å². The molecule has 0 rings (SSSR count). The summed E-state index contributed by atoms with van der Waals surface area (Å²) >= 11 is 17.4. The second-order valence-electron chi connectivity index (χ2n) is 3.39. The monoisotopic (exact) mass is 256 g/mol. The fraction of sp³-hybridized carbons (Fsp3) is 0.818. The lowest BCUT2D eigenvalue weighted by atomic mass is 10.1. The van der Waals surface area contributed by atoms with Gasteiger partial charge in [-0.1, -0.05) is 38.3 Å². The molecule has 0 aliphatic carbocycles. The highest BCUT2D eigenvalue weighted by molar-refractivity contribution is 6.34. The van der Waals surface area contributed by atoms with Crippen LogP contribution in [0.15, 0.2) is 12.2 Å². The summed E-state index contributed by atoms with van der Waals surface area (Å²) < 4.78 is 0. The van der Waals surface area contributed by atoms with E-state index in [2.05, 4.69) is 13.0 Å². The van der Waals surface area contributed by atoms with Gasteiger partial charge in [-0.3, -0.25) is 0 Å². The molecule has 2 unspecified atom stereocenters. The third-order valence-electron chi connectivity index (χ3n) is 2.04. The molecule has 2 atom stereocenters. The largest absolute Gasteiger partial charge is 0.125 e. The zero-order valence-corrected chi connectivity index (χ0v) is 11.0. The molecular weight excluding hydrogens is 238 g/mol. The average Bonchev–Trinajstić information content (AvgIpc) is 2.21. The fourth-order valence-electron chi connectivity index (χ4n) is 1.12. The van der Waals surface area contributed by atoms with Gasteiger partial charge in [-0.25, -0.2) is 0 Å². The predicted molar refractivity (Wildman–Crippen MR) is 67.9 cm³/mol. The van der Waals surface area contributed by atoms with E-state index in [1.165, 1.54) is 25.7 Å². The van der Waals surface area contributed by atoms with Crippen LogP contribution in [0.4, 0.5) is 0 Å². The maximum absolute atomic E-state index is 5.97. The molecule has 0 saturated carbocycles. The number of hydrogen-bond acceptors (Lipinski definition) is 0. The van der Waals surface area contributed by atoms with Crippen LogP contribution in [0, 0.1) is 0 Å². The van der Waals surface area contributed by atoms with Gasteiger partial charge in [-0.05, 0) is 12.8 Å². The van der Waals surface area contributed by atoms with Crippen molar-refractivity contribution < 1.29 is 0 Å². The Kier molecular flexibility index (Phi) is 10.6. The molecule has 0 aromatic rings. The van der Waals surface area contributed by atoms with Crippen LogP contribution in [0.5, 0.6) is 0 Å². The zero-order chi connectivity index (χ0) is 10.8. The van der Waals surface area contributed by atoms with Gasteiger partial charge < -0.3 is 0 Å². The van der Waals surface area contributed by atoms with Crippen LogP contribution >= 0.6 is 34.8 Å². The summed E-state index contributed by atoms with van der Waals surface area (Å²) in [5.41, 5.74) is 0. The molecule has 0 aliphatic rings. The molecule has 14 heavy (non-hydrogen) atoms. The maximum Gasteiger partial charge on any atom is 0.0691 e. The van der Waals surface area contributed by atoms with E-state index in [0.29, 0.717) is 5.88 Å². The van der Waals surface area contributed by atoms with Gasteiger partial charge in [-0.2, -0.15) is 0 Å². The minimum Gasteiger partial charge on any atom is -0.125 e. The van der Waals surface area contributed by atoms with Crippen molar-refractivity contribution in [3.05, 3.63) is 12.2 Å². The number of allylic oxidation sites excluding steroid dienone is 2. The highest BCUT2D eigenvalue weighted by atomic mass is 35.5. The smallest absolute Gasteiger partial charge is 0.0691 e. The summed E-state index contributed by atoms with van der Waals surface area (Å²) in [6, 6.07) is 0. The highest BCUT2D eigenvalue weighted by Gasteiger charge is 2.11. The van der Waals surface area contributed by atoms with E-state index in [1.807, 2.05) is 6.08 Å². The van der Waals surface area contributed by atoms with Gasteiger partial charge in [0, 0.05) is 5.88 Å². The van der Waals surface area contributed by atoms with Crippen molar-refractivity contribution in [3.63, 3.8) is 0 Å². The summed E-state index contributed by atoms with van der Waals surface area (Å²) in [4.78, 5) is 0. The van der Waals surface area contributed by atoms with E-state index < -0.39 is 0 Å². The summed E-state index contributed by atoms with van der Waals surface area (Å²) in [5, 5.41) is -0.300. The first-order valence-electron chi connectivity index (χ1n) is 5.23. The number of rotatable bonds is 8. The lowest BCUT2D eigenvalue weighted by Crippen LogP contribution is -2.13. The van der Waals surface area contributed by atoms with E-state index in [-0.39, 0.29) is 10.8 Å². The number of unbranched alkanes of at least 4 members (excludes halogenated alkanes) is 4. The molecule has 0 aromatic heterocycles. The Morgan fingerprint density at radius 3 is 2.43 bits per heavy atom. The topological polar surface area (TPSA) is 0 Å². The summed E-state index contributed by atoms with van der Waals surface area (Å²) in [5.74, 6) is 0.399. The van der Waals surface area contributed by atoms with Crippen molar-refractivity contribution in [2.24, 2.45) is 0 Å². The third kappa shape index (κ3) is 7.96. The van der Waals surface area contributed by atoms with Crippen LogP contribution in [0.25, 0.3) is 0 Å². The van der Waals surface area contributed by atoms with Crippen LogP contribution in [0.3, 0.4) is 0 Å². The molecule has 0 fully saturated rings. The van der Waals surface area contributed by atoms with Gasteiger partial charge in [-0.15, -0.1) is 34.8 Å². The first kappa shape index (κ1) is 14.6. The first-order valence-corrected chi connectivity index (χ1v) is 6.63. The highest BCUT2D eigenvalue weighted by Crippen LogP contribution is 2.14. The normalized spacial score (nSPS) is 16.0. The molecule has 3 heteroatoms. The van der Waals surface area contributed by atoms with Crippen LogP contribution < -0.4 is 0 Å². The Hall–Kier alpha value is 0.610. The minimum absolute atomic E-state index is 0.139. The zero-order valence-electron chi connectivity index (χ0n) is 8.69. The molecule has 0 spiro atoms. The summed E-state index contributed by atoms with van der Waals surface area (Å²) in [6.45, 7) is 2.21. The first-order chi connectivity index (χ1) is 6.72. The maximum atomic E-state index is 5.97. The fourth-order valence-corrected chi connectivity index (χ4v) is 1.68. The molecule has 0 aromatic carbocycles. The predicted octanol–water partition coefficient (Wildman–Crippen LogP) is 4.97. The number of alkyl halides is 3. The SMILES string of the molecule is CCCCCCC=CC(Cl)C(Cl)CCl. The van der Waals surface area contributed by atoms with Crippen molar-refractivity contribution in [2.75, 3.05) is 5.88 Å². The average molecular weight is 258 g/mol. The number of hydrogen-bond donors (Lipinski definition) is 0. The van der Waals surface area contributed by atoms with Crippen LogP contribution in [0.2, 0.25) is 0 Å². The summed E-state index contributed by atoms with van der Waals surface area (Å²) in [6.07, 6.45) is 10.3. The molecule has 0 aliphatic heterocycles. The molecule has 0 bridgehead atoms. The molecule has 0 N–H and O–H groups in total. The third-order valence-corrected chi connectivity index (χ3v) is 3.53. The van der Waals surface area contributed by atoms with E-state index in [9.17, 15) is 0 Å². The quantitative estimate of drug-likeness (QED) is 0.327. The van der Waals surface area contributed by atoms with Gasteiger partial charge in [0.1, 0.15) is 0 Å². The van der Waals surface area contributed by atoms with E-state index in [0.717, 1.165) is 6.42 Å². The Bertz CT molecular complexity index is 145. The van der Waals surface area contributed by atoms with Gasteiger partial charge in [0.25, 0.3) is 0 Å². The lowest BCUT2D eigenvalue weighted by Gasteiger charge is -2.07. The standard InChI is InChI=1S/C11H19Cl3/c1-2-3-4-5-6-7-8-10(13)11(14)9-12/h7-8,10-11H,2-6,9H2,1H3. The van der Waals surface area contributed by atoms with Crippen molar-refractivity contribution in [3.8, 4) is 0 Å². The van der Waals surface area contributed by atoms with Gasteiger partial charge in [0.15, 0.2) is 0 Å². The molecule has 0 nitrogen and oxygen atoms in total. The van der Waals surface area contributed by atoms with Crippen LogP contribution in [-0.4, -0.2) is 16.6 Å². The van der Waals surface area contributed by atoms with Gasteiger partial charge in [0.2, 0.25) is 0 Å². The molecule has 0 saturated heterocycles. The summed E-state index contributed by atoms with van der Waals surface area (Å²) in [7, 11) is 0. The minimum atomic E-state index is -0.162. The molecule has 0 radical (unpaired) electrons. The molecule has 84 valence electrons. The molecule has 0 amide bonds. The van der Waals surface area contributed by atoms with Crippen LogP contribution in [-0.2, 0) is 0 Å². The Labute approximate surface area is 103 Å². The lowest BCUT2D eigenvalue weighted by molar-refractivity contribution is 0.674. The number of halogens is 3. The molecular formula is C11H19Cl3. The second kappa shape index (κ2) is 10.1. The van der Waals surface area contributed by atoms with Crippen molar-refractivity contribution in [2.45, 2.75) is 49.8 Å². The van der Waals surface area contributed by atoms with E-state index in [1.54, 1.807) is 0 Å². The van der Waals surface area contributed by atoms with Crippen molar-refractivity contribution in [1.82, 2.24) is 0 Å². The van der Waals surface area contributed by atoms with Gasteiger partial charge in [0.05, 0.1) is 10.8 Å². The molecule has 0 heterocycles. The van der Waals surface area contributed by atoms with E-state index in [4.69, 9.17) is 34.8 Å². The Balaban J connectivity index is 3.42. The van der Waals surface area contributed by atoms with Crippen LogP contribution in [0.1, 0.15) is 39.0 Å². The second-order valence-corrected chi connectivity index (χ2v) is 4.77. The Morgan fingerprint density at radius 2 is 1.86 bits per heavy atom. The Morgan fingerprint density at radius 1 is 1.14 bits per heavy atom. The van der Waals surface area contributed by atoms with E-state index >= 15 is 0 Å².